The third kappa shape index (κ3) is 5.33. The molecule has 0 aromatic heterocycles. The molecular formula is C16H31NO2. The fourth-order valence-electron chi connectivity index (χ4n) is 2.80. The SMILES string of the molecule is C.CC(C)[C@@H]1CCNC1=O.CC(C)[C@H]1CCCC1=O. The van der Waals surface area contributed by atoms with Gasteiger partial charge < -0.3 is 5.32 Å². The van der Waals surface area contributed by atoms with E-state index in [0.29, 0.717) is 23.5 Å². The normalized spacial score (nSPS) is 26.0. The molecule has 1 amide bonds. The third-order valence-corrected chi connectivity index (χ3v) is 4.05. The summed E-state index contributed by atoms with van der Waals surface area (Å²) >= 11 is 0. The second kappa shape index (κ2) is 8.34. The number of rotatable bonds is 2. The van der Waals surface area contributed by atoms with Gasteiger partial charge in [-0.15, -0.1) is 0 Å². The van der Waals surface area contributed by atoms with Gasteiger partial charge in [-0.25, -0.2) is 0 Å². The van der Waals surface area contributed by atoms with E-state index in [1.807, 2.05) is 0 Å². The van der Waals surface area contributed by atoms with Crippen LogP contribution in [0.5, 0.6) is 0 Å². The Morgan fingerprint density at radius 1 is 1.00 bits per heavy atom. The molecule has 1 aliphatic carbocycles. The molecule has 1 saturated carbocycles. The van der Waals surface area contributed by atoms with Crippen molar-refractivity contribution in [1.82, 2.24) is 5.32 Å². The zero-order valence-corrected chi connectivity index (χ0v) is 12.2. The van der Waals surface area contributed by atoms with Gasteiger partial charge in [0.05, 0.1) is 0 Å². The summed E-state index contributed by atoms with van der Waals surface area (Å²) < 4.78 is 0. The van der Waals surface area contributed by atoms with Gasteiger partial charge in [-0.05, 0) is 31.1 Å². The van der Waals surface area contributed by atoms with Gasteiger partial charge in [0.2, 0.25) is 5.91 Å². The highest BCUT2D eigenvalue weighted by Gasteiger charge is 2.27. The Hall–Kier alpha value is -0.860. The van der Waals surface area contributed by atoms with E-state index in [0.717, 1.165) is 32.2 Å². The summed E-state index contributed by atoms with van der Waals surface area (Å²) in [6, 6.07) is 0. The van der Waals surface area contributed by atoms with Crippen molar-refractivity contribution in [1.29, 1.82) is 0 Å². The molecule has 1 saturated heterocycles. The predicted octanol–water partition coefficient (Wildman–Crippen LogP) is 3.43. The van der Waals surface area contributed by atoms with Gasteiger partial charge in [0, 0.05) is 24.8 Å². The Morgan fingerprint density at radius 2 is 1.58 bits per heavy atom. The summed E-state index contributed by atoms with van der Waals surface area (Å²) in [6.45, 7) is 9.33. The van der Waals surface area contributed by atoms with Crippen molar-refractivity contribution in [3.05, 3.63) is 0 Å². The monoisotopic (exact) mass is 269 g/mol. The molecule has 112 valence electrons. The predicted molar refractivity (Wildman–Crippen MR) is 79.9 cm³/mol. The standard InChI is InChI=1S/C8H14O.C7H13NO.CH4/c1-6(2)7-4-3-5-8(7)9;1-5(2)6-3-4-8-7(6)9;/h6-7H,3-5H2,1-2H3;5-6H,3-4H2,1-2H3,(H,8,9);1H4/t7-;6-;/m10./s1. The number of nitrogens with one attached hydrogen (secondary N) is 1. The number of ketones is 1. The smallest absolute Gasteiger partial charge is 0.223 e. The molecule has 1 aliphatic heterocycles. The Labute approximate surface area is 118 Å². The number of Topliss-reactive ketones (excluding diaryl/α,β-unsaturated/α-hetero) is 1. The van der Waals surface area contributed by atoms with Gasteiger partial charge in [-0.3, -0.25) is 9.59 Å². The average molecular weight is 269 g/mol. The lowest BCUT2D eigenvalue weighted by Crippen LogP contribution is -2.22. The number of hydrogen-bond acceptors (Lipinski definition) is 2. The molecule has 2 rings (SSSR count). The Balaban J connectivity index is 0.000000324. The van der Waals surface area contributed by atoms with Gasteiger partial charge in [0.15, 0.2) is 0 Å². The summed E-state index contributed by atoms with van der Waals surface area (Å²) in [5.41, 5.74) is 0. The van der Waals surface area contributed by atoms with E-state index < -0.39 is 0 Å². The lowest BCUT2D eigenvalue weighted by molar-refractivity contribution is -0.123. The van der Waals surface area contributed by atoms with Gasteiger partial charge in [-0.1, -0.05) is 35.1 Å². The maximum atomic E-state index is 11.0. The molecular weight excluding hydrogens is 238 g/mol. The van der Waals surface area contributed by atoms with Crippen molar-refractivity contribution in [3.63, 3.8) is 0 Å². The zero-order valence-electron chi connectivity index (χ0n) is 12.2. The minimum atomic E-state index is 0. The van der Waals surface area contributed by atoms with Crippen molar-refractivity contribution >= 4 is 11.7 Å². The van der Waals surface area contributed by atoms with E-state index >= 15 is 0 Å². The van der Waals surface area contributed by atoms with Crippen LogP contribution in [0.15, 0.2) is 0 Å². The highest BCUT2D eigenvalue weighted by molar-refractivity contribution is 5.83. The first-order valence-electron chi connectivity index (χ1n) is 7.24. The summed E-state index contributed by atoms with van der Waals surface area (Å²) in [5, 5.41) is 2.81. The van der Waals surface area contributed by atoms with Crippen LogP contribution in [0, 0.1) is 23.7 Å². The van der Waals surface area contributed by atoms with E-state index in [4.69, 9.17) is 0 Å². The van der Waals surface area contributed by atoms with E-state index in [2.05, 4.69) is 33.0 Å². The van der Waals surface area contributed by atoms with Crippen molar-refractivity contribution < 1.29 is 9.59 Å². The molecule has 2 atom stereocenters. The van der Waals surface area contributed by atoms with Crippen molar-refractivity contribution in [2.24, 2.45) is 23.7 Å². The van der Waals surface area contributed by atoms with E-state index in [1.54, 1.807) is 0 Å². The van der Waals surface area contributed by atoms with Crippen LogP contribution >= 0.6 is 0 Å². The van der Waals surface area contributed by atoms with Crippen LogP contribution in [0.2, 0.25) is 0 Å². The fourth-order valence-corrected chi connectivity index (χ4v) is 2.80. The molecule has 0 unspecified atom stereocenters. The van der Waals surface area contributed by atoms with Gasteiger partial charge in [0.1, 0.15) is 5.78 Å². The average Bonchev–Trinajstić information content (AvgIpc) is 2.87. The van der Waals surface area contributed by atoms with Crippen molar-refractivity contribution in [3.8, 4) is 0 Å². The van der Waals surface area contributed by atoms with Crippen LogP contribution in [0.3, 0.4) is 0 Å². The Bertz CT molecular complexity index is 267. The molecule has 2 fully saturated rings. The fraction of sp³-hybridized carbons (Fsp3) is 0.875. The molecule has 0 aromatic rings. The van der Waals surface area contributed by atoms with Crippen molar-refractivity contribution in [2.45, 2.75) is 60.8 Å². The van der Waals surface area contributed by atoms with E-state index in [1.165, 1.54) is 0 Å². The van der Waals surface area contributed by atoms with Crippen LogP contribution in [0.1, 0.15) is 60.8 Å². The van der Waals surface area contributed by atoms with E-state index in [-0.39, 0.29) is 19.3 Å². The minimum absolute atomic E-state index is 0. The van der Waals surface area contributed by atoms with E-state index in [9.17, 15) is 9.59 Å². The topological polar surface area (TPSA) is 46.2 Å². The molecule has 0 radical (unpaired) electrons. The lowest BCUT2D eigenvalue weighted by atomic mass is 9.94. The van der Waals surface area contributed by atoms with Crippen LogP contribution in [-0.2, 0) is 9.59 Å². The number of hydrogen-bond donors (Lipinski definition) is 1. The highest BCUT2D eigenvalue weighted by atomic mass is 16.2. The van der Waals surface area contributed by atoms with Crippen LogP contribution in [0.4, 0.5) is 0 Å². The number of carbonyl (C=O) groups excluding carboxylic acids is 2. The summed E-state index contributed by atoms with van der Waals surface area (Å²) in [4.78, 5) is 21.9. The van der Waals surface area contributed by atoms with Crippen LogP contribution in [0.25, 0.3) is 0 Å². The first-order valence-corrected chi connectivity index (χ1v) is 7.24. The summed E-state index contributed by atoms with van der Waals surface area (Å²) in [6.07, 6.45) is 4.12. The first kappa shape index (κ1) is 18.1. The molecule has 0 aromatic carbocycles. The molecule has 1 heterocycles. The highest BCUT2D eigenvalue weighted by Crippen LogP contribution is 2.27. The van der Waals surface area contributed by atoms with Crippen LogP contribution in [-0.4, -0.2) is 18.2 Å². The van der Waals surface area contributed by atoms with Gasteiger partial charge >= 0.3 is 0 Å². The van der Waals surface area contributed by atoms with Gasteiger partial charge in [0.25, 0.3) is 0 Å². The lowest BCUT2D eigenvalue weighted by Gasteiger charge is -2.10. The summed E-state index contributed by atoms with van der Waals surface area (Å²) in [5.74, 6) is 2.48. The maximum absolute atomic E-state index is 11.0. The quantitative estimate of drug-likeness (QED) is 0.835. The Morgan fingerprint density at radius 3 is 1.79 bits per heavy atom. The molecule has 0 bridgehead atoms. The molecule has 3 nitrogen and oxygen atoms in total. The number of amides is 1. The molecule has 0 spiro atoms. The molecule has 3 heteroatoms. The Kier molecular flexibility index (Phi) is 7.96. The summed E-state index contributed by atoms with van der Waals surface area (Å²) in [7, 11) is 0. The minimum Gasteiger partial charge on any atom is -0.356 e. The third-order valence-electron chi connectivity index (χ3n) is 4.05. The number of carbonyl (C=O) groups is 2. The molecule has 19 heavy (non-hydrogen) atoms. The molecule has 1 N–H and O–H groups in total. The second-order valence-corrected chi connectivity index (χ2v) is 6.14. The van der Waals surface area contributed by atoms with Crippen LogP contribution < -0.4 is 5.32 Å². The zero-order chi connectivity index (χ0) is 13.7. The van der Waals surface area contributed by atoms with Crippen molar-refractivity contribution in [2.75, 3.05) is 6.54 Å². The van der Waals surface area contributed by atoms with Gasteiger partial charge in [-0.2, -0.15) is 0 Å². The maximum Gasteiger partial charge on any atom is 0.223 e. The second-order valence-electron chi connectivity index (χ2n) is 6.14. The molecule has 2 aliphatic rings. The first-order chi connectivity index (χ1) is 8.43. The largest absolute Gasteiger partial charge is 0.356 e.